The SMILES string of the molecule is Brc1ccc(NCc2ccc3cnccc3c2)cc1. The standard InChI is InChI=1S/C16H13BrN2/c17-15-3-5-16(6-4-15)19-10-12-1-2-14-11-18-8-7-13(14)9-12/h1-9,11,19H,10H2. The number of fused-ring (bicyclic) bond motifs is 1. The minimum Gasteiger partial charge on any atom is -0.381 e. The van der Waals surface area contributed by atoms with Crippen LogP contribution in [0.1, 0.15) is 5.56 Å². The van der Waals surface area contributed by atoms with E-state index in [1.54, 1.807) is 0 Å². The van der Waals surface area contributed by atoms with E-state index >= 15 is 0 Å². The van der Waals surface area contributed by atoms with Crippen molar-refractivity contribution in [2.45, 2.75) is 6.54 Å². The molecule has 0 atom stereocenters. The van der Waals surface area contributed by atoms with Gasteiger partial charge in [0.25, 0.3) is 0 Å². The predicted octanol–water partition coefficient (Wildman–Crippen LogP) is 4.61. The summed E-state index contributed by atoms with van der Waals surface area (Å²) in [5.74, 6) is 0. The van der Waals surface area contributed by atoms with E-state index in [1.807, 2.05) is 30.6 Å². The molecule has 0 aliphatic rings. The number of nitrogens with one attached hydrogen (secondary N) is 1. The van der Waals surface area contributed by atoms with Crippen molar-refractivity contribution in [2.75, 3.05) is 5.32 Å². The molecule has 0 bridgehead atoms. The van der Waals surface area contributed by atoms with E-state index in [9.17, 15) is 0 Å². The molecule has 0 saturated heterocycles. The van der Waals surface area contributed by atoms with Crippen LogP contribution in [0.3, 0.4) is 0 Å². The monoisotopic (exact) mass is 312 g/mol. The van der Waals surface area contributed by atoms with E-state index in [4.69, 9.17) is 0 Å². The molecule has 0 spiro atoms. The second kappa shape index (κ2) is 5.41. The molecule has 0 aliphatic heterocycles. The van der Waals surface area contributed by atoms with Gasteiger partial charge in [-0.25, -0.2) is 0 Å². The average Bonchev–Trinajstić information content (AvgIpc) is 2.46. The van der Waals surface area contributed by atoms with Gasteiger partial charge in [-0.3, -0.25) is 4.98 Å². The summed E-state index contributed by atoms with van der Waals surface area (Å²) in [7, 11) is 0. The first-order valence-corrected chi connectivity index (χ1v) is 6.93. The molecule has 0 saturated carbocycles. The van der Waals surface area contributed by atoms with E-state index in [1.165, 1.54) is 16.3 Å². The lowest BCUT2D eigenvalue weighted by molar-refractivity contribution is 1.15. The van der Waals surface area contributed by atoms with Crippen LogP contribution in [0.4, 0.5) is 5.69 Å². The Bertz CT molecular complexity index is 692. The average molecular weight is 313 g/mol. The number of benzene rings is 2. The van der Waals surface area contributed by atoms with Crippen LogP contribution < -0.4 is 5.32 Å². The second-order valence-corrected chi connectivity index (χ2v) is 5.33. The van der Waals surface area contributed by atoms with Crippen LogP contribution in [0.15, 0.2) is 65.4 Å². The van der Waals surface area contributed by atoms with Gasteiger partial charge in [-0.1, -0.05) is 28.1 Å². The van der Waals surface area contributed by atoms with Gasteiger partial charge >= 0.3 is 0 Å². The number of halogens is 1. The van der Waals surface area contributed by atoms with E-state index in [0.29, 0.717) is 0 Å². The van der Waals surface area contributed by atoms with Gasteiger partial charge in [0, 0.05) is 34.5 Å². The summed E-state index contributed by atoms with van der Waals surface area (Å²) < 4.78 is 1.09. The Morgan fingerprint density at radius 2 is 1.79 bits per heavy atom. The maximum atomic E-state index is 4.12. The third kappa shape index (κ3) is 2.93. The minimum absolute atomic E-state index is 0.819. The molecule has 3 aromatic rings. The summed E-state index contributed by atoms with van der Waals surface area (Å²) in [5.41, 5.74) is 2.39. The second-order valence-electron chi connectivity index (χ2n) is 4.42. The Balaban J connectivity index is 1.76. The number of aromatic nitrogens is 1. The van der Waals surface area contributed by atoms with Gasteiger partial charge in [-0.15, -0.1) is 0 Å². The van der Waals surface area contributed by atoms with Crippen molar-refractivity contribution in [3.63, 3.8) is 0 Å². The zero-order chi connectivity index (χ0) is 13.1. The van der Waals surface area contributed by atoms with Gasteiger partial charge in [-0.2, -0.15) is 0 Å². The van der Waals surface area contributed by atoms with E-state index in [0.717, 1.165) is 16.7 Å². The van der Waals surface area contributed by atoms with Crippen LogP contribution in [0.25, 0.3) is 10.8 Å². The van der Waals surface area contributed by atoms with Crippen LogP contribution in [-0.2, 0) is 6.54 Å². The van der Waals surface area contributed by atoms with Crippen molar-refractivity contribution < 1.29 is 0 Å². The summed E-state index contributed by atoms with van der Waals surface area (Å²) >= 11 is 3.43. The van der Waals surface area contributed by atoms with Crippen molar-refractivity contribution in [3.8, 4) is 0 Å². The molecule has 1 heterocycles. The van der Waals surface area contributed by atoms with Gasteiger partial charge in [0.1, 0.15) is 0 Å². The van der Waals surface area contributed by atoms with Crippen LogP contribution >= 0.6 is 15.9 Å². The summed E-state index contributed by atoms with van der Waals surface area (Å²) in [6.45, 7) is 0.819. The molecule has 0 fully saturated rings. The Hall–Kier alpha value is -1.87. The van der Waals surface area contributed by atoms with Crippen molar-refractivity contribution in [1.29, 1.82) is 0 Å². The maximum absolute atomic E-state index is 4.12. The van der Waals surface area contributed by atoms with E-state index in [2.05, 4.69) is 56.6 Å². The lowest BCUT2D eigenvalue weighted by atomic mass is 10.1. The van der Waals surface area contributed by atoms with Gasteiger partial charge < -0.3 is 5.32 Å². The molecular formula is C16H13BrN2. The molecule has 0 aliphatic carbocycles. The topological polar surface area (TPSA) is 24.9 Å². The van der Waals surface area contributed by atoms with Crippen LogP contribution in [-0.4, -0.2) is 4.98 Å². The molecule has 3 rings (SSSR count). The lowest BCUT2D eigenvalue weighted by Gasteiger charge is -2.07. The predicted molar refractivity (Wildman–Crippen MR) is 83.2 cm³/mol. The molecule has 3 heteroatoms. The Labute approximate surface area is 120 Å². The Morgan fingerprint density at radius 1 is 0.947 bits per heavy atom. The fraction of sp³-hybridized carbons (Fsp3) is 0.0625. The number of hydrogen-bond donors (Lipinski definition) is 1. The van der Waals surface area contributed by atoms with Gasteiger partial charge in [0.05, 0.1) is 0 Å². The fourth-order valence-electron chi connectivity index (χ4n) is 2.01. The van der Waals surface area contributed by atoms with Crippen LogP contribution in [0.2, 0.25) is 0 Å². The number of anilines is 1. The zero-order valence-electron chi connectivity index (χ0n) is 10.3. The normalized spacial score (nSPS) is 10.6. The first kappa shape index (κ1) is 12.2. The number of pyridine rings is 1. The summed E-state index contributed by atoms with van der Waals surface area (Å²) in [6.07, 6.45) is 3.72. The highest BCUT2D eigenvalue weighted by Crippen LogP contribution is 2.17. The van der Waals surface area contributed by atoms with E-state index < -0.39 is 0 Å². The third-order valence-corrected chi connectivity index (χ3v) is 3.57. The smallest absolute Gasteiger partial charge is 0.0401 e. The molecule has 2 nitrogen and oxygen atoms in total. The van der Waals surface area contributed by atoms with Crippen molar-refractivity contribution in [2.24, 2.45) is 0 Å². The van der Waals surface area contributed by atoms with Gasteiger partial charge in [0.15, 0.2) is 0 Å². The van der Waals surface area contributed by atoms with Crippen molar-refractivity contribution in [3.05, 3.63) is 71.0 Å². The number of hydrogen-bond acceptors (Lipinski definition) is 2. The first-order valence-electron chi connectivity index (χ1n) is 6.13. The highest BCUT2D eigenvalue weighted by Gasteiger charge is 1.97. The molecule has 2 aromatic carbocycles. The summed E-state index contributed by atoms with van der Waals surface area (Å²) in [5, 5.41) is 5.82. The molecule has 94 valence electrons. The van der Waals surface area contributed by atoms with Crippen molar-refractivity contribution in [1.82, 2.24) is 4.98 Å². The Morgan fingerprint density at radius 3 is 2.63 bits per heavy atom. The molecule has 0 unspecified atom stereocenters. The molecule has 1 aromatic heterocycles. The Kier molecular flexibility index (Phi) is 3.47. The van der Waals surface area contributed by atoms with Gasteiger partial charge in [0.2, 0.25) is 0 Å². The summed E-state index contributed by atoms with van der Waals surface area (Å²) in [6, 6.07) is 16.7. The first-order chi connectivity index (χ1) is 9.31. The van der Waals surface area contributed by atoms with Crippen LogP contribution in [0.5, 0.6) is 0 Å². The quantitative estimate of drug-likeness (QED) is 0.764. The van der Waals surface area contributed by atoms with E-state index in [-0.39, 0.29) is 0 Å². The molecule has 19 heavy (non-hydrogen) atoms. The minimum atomic E-state index is 0.819. The zero-order valence-corrected chi connectivity index (χ0v) is 11.9. The van der Waals surface area contributed by atoms with Gasteiger partial charge in [-0.05, 0) is 47.3 Å². The lowest BCUT2D eigenvalue weighted by Crippen LogP contribution is -1.98. The highest BCUT2D eigenvalue weighted by atomic mass is 79.9. The largest absolute Gasteiger partial charge is 0.381 e. The fourth-order valence-corrected chi connectivity index (χ4v) is 2.28. The third-order valence-electron chi connectivity index (χ3n) is 3.05. The summed E-state index contributed by atoms with van der Waals surface area (Å²) in [4.78, 5) is 4.12. The maximum Gasteiger partial charge on any atom is 0.0401 e. The highest BCUT2D eigenvalue weighted by molar-refractivity contribution is 9.10. The number of rotatable bonds is 3. The molecule has 1 N–H and O–H groups in total. The van der Waals surface area contributed by atoms with Crippen LogP contribution in [0, 0.1) is 0 Å². The molecule has 0 radical (unpaired) electrons. The number of nitrogens with zero attached hydrogens (tertiary/aromatic N) is 1. The molecule has 0 amide bonds. The molecular weight excluding hydrogens is 300 g/mol. The van der Waals surface area contributed by atoms with Crippen molar-refractivity contribution >= 4 is 32.4 Å².